The van der Waals surface area contributed by atoms with Gasteiger partial charge in [0, 0.05) is 29.6 Å². The summed E-state index contributed by atoms with van der Waals surface area (Å²) in [4.78, 5) is 16.0. The average molecular weight is 404 g/mol. The number of thiazole rings is 1. The Morgan fingerprint density at radius 3 is 2.79 bits per heavy atom. The maximum Gasteiger partial charge on any atom is 0.325 e. The lowest BCUT2D eigenvalue weighted by atomic mass is 10.1. The number of carbonyl (C=O) groups excluding carboxylic acids is 1. The number of hydrogen-bond donors (Lipinski definition) is 0. The minimum absolute atomic E-state index is 0.0100. The van der Waals surface area contributed by atoms with E-state index in [4.69, 9.17) is 4.74 Å². The topological polar surface area (TPSA) is 44.1 Å². The highest BCUT2D eigenvalue weighted by atomic mass is 32.1. The number of ether oxygens (including phenoxy) is 1. The Bertz CT molecular complexity index is 1200. The van der Waals surface area contributed by atoms with Crippen molar-refractivity contribution in [2.45, 2.75) is 19.9 Å². The summed E-state index contributed by atoms with van der Waals surface area (Å²) < 4.78 is 48.1. The van der Waals surface area contributed by atoms with E-state index in [1.165, 1.54) is 0 Å². The molecule has 0 spiro atoms. The number of aromatic nitrogens is 2. The largest absolute Gasteiger partial charge is 0.465 e. The number of para-hydroxylation sites is 1. The lowest BCUT2D eigenvalue weighted by molar-refractivity contribution is -0.143. The second-order valence-corrected chi connectivity index (χ2v) is 7.30. The second-order valence-electron chi connectivity index (χ2n) is 6.22. The number of rotatable bonds is 5. The standard InChI is InChI=1S/C20H15F3N2O2S/c1-2-27-17(26)10-25-9-11(12-5-3-4-6-15(12)25)7-16-24-19-18(23)13(21)8-14(22)20(19)28-16/h3-6,8-9H,2,7,10H2,1H3. The Kier molecular flexibility index (Phi) is 4.80. The van der Waals surface area contributed by atoms with Crippen molar-refractivity contribution in [3.8, 4) is 0 Å². The van der Waals surface area contributed by atoms with Crippen LogP contribution in [0.5, 0.6) is 0 Å². The first-order chi connectivity index (χ1) is 13.5. The Morgan fingerprint density at radius 2 is 2.00 bits per heavy atom. The van der Waals surface area contributed by atoms with E-state index < -0.39 is 17.5 Å². The van der Waals surface area contributed by atoms with Gasteiger partial charge < -0.3 is 9.30 Å². The monoisotopic (exact) mass is 404 g/mol. The first-order valence-electron chi connectivity index (χ1n) is 8.63. The molecule has 4 rings (SSSR count). The molecule has 0 aliphatic heterocycles. The molecule has 144 valence electrons. The predicted molar refractivity (Wildman–Crippen MR) is 101 cm³/mol. The first kappa shape index (κ1) is 18.5. The summed E-state index contributed by atoms with van der Waals surface area (Å²) in [6.45, 7) is 2.10. The second kappa shape index (κ2) is 7.27. The maximum absolute atomic E-state index is 14.0. The molecule has 2 aromatic carbocycles. The molecule has 0 saturated carbocycles. The molecule has 0 bridgehead atoms. The van der Waals surface area contributed by atoms with Crippen molar-refractivity contribution in [1.82, 2.24) is 9.55 Å². The number of esters is 1. The number of halogens is 3. The zero-order valence-corrected chi connectivity index (χ0v) is 15.7. The van der Waals surface area contributed by atoms with Crippen LogP contribution in [0.4, 0.5) is 13.2 Å². The lowest BCUT2D eigenvalue weighted by Gasteiger charge is -2.04. The van der Waals surface area contributed by atoms with Crippen LogP contribution in [0.2, 0.25) is 0 Å². The van der Waals surface area contributed by atoms with Gasteiger partial charge in [-0.05, 0) is 18.6 Å². The molecule has 0 atom stereocenters. The van der Waals surface area contributed by atoms with Gasteiger partial charge in [-0.2, -0.15) is 0 Å². The van der Waals surface area contributed by atoms with Crippen molar-refractivity contribution in [2.24, 2.45) is 0 Å². The van der Waals surface area contributed by atoms with Gasteiger partial charge in [0.1, 0.15) is 17.9 Å². The van der Waals surface area contributed by atoms with Crippen molar-refractivity contribution < 1.29 is 22.7 Å². The summed E-state index contributed by atoms with van der Waals surface area (Å²) in [6.07, 6.45) is 2.11. The van der Waals surface area contributed by atoms with Crippen molar-refractivity contribution in [3.05, 3.63) is 64.6 Å². The van der Waals surface area contributed by atoms with Crippen LogP contribution < -0.4 is 0 Å². The summed E-state index contributed by atoms with van der Waals surface area (Å²) >= 11 is 0.988. The van der Waals surface area contributed by atoms with Gasteiger partial charge in [-0.1, -0.05) is 18.2 Å². The number of carbonyl (C=O) groups is 1. The molecule has 0 saturated heterocycles. The highest BCUT2D eigenvalue weighted by Gasteiger charge is 2.19. The van der Waals surface area contributed by atoms with Crippen LogP contribution in [0.3, 0.4) is 0 Å². The molecule has 0 radical (unpaired) electrons. The zero-order chi connectivity index (χ0) is 19.8. The van der Waals surface area contributed by atoms with E-state index in [9.17, 15) is 18.0 Å². The molecule has 2 aromatic heterocycles. The van der Waals surface area contributed by atoms with Crippen LogP contribution in [0.15, 0.2) is 36.5 Å². The Morgan fingerprint density at radius 1 is 1.21 bits per heavy atom. The predicted octanol–water partition coefficient (Wildman–Crippen LogP) is 4.82. The quantitative estimate of drug-likeness (QED) is 0.354. The number of hydrogen-bond acceptors (Lipinski definition) is 4. The van der Waals surface area contributed by atoms with Gasteiger partial charge in [0.15, 0.2) is 11.6 Å². The molecule has 4 nitrogen and oxygen atoms in total. The highest BCUT2D eigenvalue weighted by molar-refractivity contribution is 7.18. The molecule has 28 heavy (non-hydrogen) atoms. The van der Waals surface area contributed by atoms with Crippen LogP contribution in [-0.2, 0) is 22.5 Å². The Hall–Kier alpha value is -2.87. The molecule has 8 heteroatoms. The van der Waals surface area contributed by atoms with Gasteiger partial charge in [-0.25, -0.2) is 18.2 Å². The minimum Gasteiger partial charge on any atom is -0.465 e. The van der Waals surface area contributed by atoms with Crippen LogP contribution in [-0.4, -0.2) is 22.1 Å². The van der Waals surface area contributed by atoms with Gasteiger partial charge >= 0.3 is 5.97 Å². The zero-order valence-electron chi connectivity index (χ0n) is 14.8. The van der Waals surface area contributed by atoms with E-state index in [-0.39, 0.29) is 22.7 Å². The molecule has 2 heterocycles. The van der Waals surface area contributed by atoms with Crippen molar-refractivity contribution in [1.29, 1.82) is 0 Å². The molecule has 4 aromatic rings. The molecule has 0 aliphatic rings. The molecule has 0 amide bonds. The highest BCUT2D eigenvalue weighted by Crippen LogP contribution is 2.31. The third-order valence-corrected chi connectivity index (χ3v) is 5.44. The third kappa shape index (κ3) is 3.24. The van der Waals surface area contributed by atoms with E-state index in [1.54, 1.807) is 17.7 Å². The molecule has 0 unspecified atom stereocenters. The third-order valence-electron chi connectivity index (χ3n) is 4.38. The number of benzene rings is 2. The maximum atomic E-state index is 14.0. The van der Waals surface area contributed by atoms with Crippen molar-refractivity contribution in [2.75, 3.05) is 6.61 Å². The van der Waals surface area contributed by atoms with Crippen LogP contribution in [0, 0.1) is 17.5 Å². The van der Waals surface area contributed by atoms with E-state index in [2.05, 4.69) is 4.98 Å². The van der Waals surface area contributed by atoms with Gasteiger partial charge in [0.2, 0.25) is 0 Å². The summed E-state index contributed by atoms with van der Waals surface area (Å²) in [6, 6.07) is 8.04. The fourth-order valence-electron chi connectivity index (χ4n) is 3.21. The summed E-state index contributed by atoms with van der Waals surface area (Å²) in [7, 11) is 0. The molecular formula is C20H15F3N2O2S. The van der Waals surface area contributed by atoms with Gasteiger partial charge in [0.05, 0.1) is 16.3 Å². The van der Waals surface area contributed by atoms with Gasteiger partial charge in [-0.3, -0.25) is 4.79 Å². The number of fused-ring (bicyclic) bond motifs is 2. The molecular weight excluding hydrogens is 389 g/mol. The van der Waals surface area contributed by atoms with E-state index in [0.717, 1.165) is 27.8 Å². The number of nitrogens with zero attached hydrogens (tertiary/aromatic N) is 2. The smallest absolute Gasteiger partial charge is 0.325 e. The van der Waals surface area contributed by atoms with Gasteiger partial charge in [-0.15, -0.1) is 11.3 Å². The van der Waals surface area contributed by atoms with Gasteiger partial charge in [0.25, 0.3) is 0 Å². The minimum atomic E-state index is -1.26. The molecule has 0 N–H and O–H groups in total. The van der Waals surface area contributed by atoms with E-state index in [0.29, 0.717) is 24.1 Å². The Labute approximate surface area is 162 Å². The van der Waals surface area contributed by atoms with Crippen LogP contribution >= 0.6 is 11.3 Å². The SMILES string of the molecule is CCOC(=O)Cn1cc(Cc2nc3c(F)c(F)cc(F)c3s2)c2ccccc21. The summed E-state index contributed by atoms with van der Waals surface area (Å²) in [5, 5.41) is 1.36. The fourth-order valence-corrected chi connectivity index (χ4v) is 4.20. The summed E-state index contributed by atoms with van der Waals surface area (Å²) in [5.41, 5.74) is 1.39. The molecule has 0 fully saturated rings. The van der Waals surface area contributed by atoms with E-state index >= 15 is 0 Å². The Balaban J connectivity index is 1.74. The lowest BCUT2D eigenvalue weighted by Crippen LogP contribution is -2.12. The average Bonchev–Trinajstić information content (AvgIpc) is 3.23. The molecule has 0 aliphatic carbocycles. The van der Waals surface area contributed by atoms with Crippen LogP contribution in [0.25, 0.3) is 21.1 Å². The van der Waals surface area contributed by atoms with Crippen molar-refractivity contribution >= 4 is 38.4 Å². The fraction of sp³-hybridized carbons (Fsp3) is 0.200. The summed E-state index contributed by atoms with van der Waals surface area (Å²) in [5.74, 6) is -3.59. The van der Waals surface area contributed by atoms with Crippen LogP contribution in [0.1, 0.15) is 17.5 Å². The normalized spacial score (nSPS) is 11.4. The van der Waals surface area contributed by atoms with E-state index in [1.807, 2.05) is 24.3 Å². The van der Waals surface area contributed by atoms with Crippen molar-refractivity contribution in [3.63, 3.8) is 0 Å². The first-order valence-corrected chi connectivity index (χ1v) is 9.45.